The number of methoxy groups -OCH3 is 1. The number of rotatable bonds is 5. The van der Waals surface area contributed by atoms with Crippen LogP contribution in [0.1, 0.15) is 30.4 Å². The van der Waals surface area contributed by atoms with Crippen molar-refractivity contribution in [2.75, 3.05) is 13.7 Å². The zero-order chi connectivity index (χ0) is 12.8. The third-order valence-corrected chi connectivity index (χ3v) is 3.57. The summed E-state index contributed by atoms with van der Waals surface area (Å²) in [6.07, 6.45) is 10.7. The Kier molecular flexibility index (Phi) is 4.66. The van der Waals surface area contributed by atoms with E-state index >= 15 is 0 Å². The Labute approximate surface area is 110 Å². The Balaban J connectivity index is 1.90. The number of hydrogen-bond donors (Lipinski definition) is 1. The molecule has 18 heavy (non-hydrogen) atoms. The van der Waals surface area contributed by atoms with E-state index in [2.05, 4.69) is 29.4 Å². The quantitative estimate of drug-likeness (QED) is 0.634. The highest BCUT2D eigenvalue weighted by atomic mass is 16.5. The first kappa shape index (κ1) is 13.0. The summed E-state index contributed by atoms with van der Waals surface area (Å²) in [5.74, 6) is 3.64. The van der Waals surface area contributed by atoms with Gasteiger partial charge in [0.15, 0.2) is 0 Å². The first-order chi connectivity index (χ1) is 8.83. The lowest BCUT2D eigenvalue weighted by atomic mass is 9.88. The van der Waals surface area contributed by atoms with Crippen LogP contribution in [0, 0.1) is 12.3 Å². The van der Waals surface area contributed by atoms with E-state index in [0.717, 1.165) is 38.0 Å². The highest BCUT2D eigenvalue weighted by Crippen LogP contribution is 2.25. The number of benzene rings is 1. The Morgan fingerprint density at radius 1 is 1.44 bits per heavy atom. The van der Waals surface area contributed by atoms with Gasteiger partial charge in [-0.15, -0.1) is 12.3 Å². The predicted molar refractivity (Wildman–Crippen MR) is 74.9 cm³/mol. The maximum Gasteiger partial charge on any atom is 0.119 e. The molecule has 1 N–H and O–H groups in total. The molecule has 1 aromatic rings. The average Bonchev–Trinajstić information content (AvgIpc) is 2.42. The van der Waals surface area contributed by atoms with Crippen molar-refractivity contribution >= 4 is 0 Å². The maximum atomic E-state index is 5.29. The molecule has 2 nitrogen and oxygen atoms in total. The molecule has 2 heteroatoms. The fraction of sp³-hybridized carbons (Fsp3) is 0.500. The molecule has 1 aromatic carbocycles. The summed E-state index contributed by atoms with van der Waals surface area (Å²) in [5.41, 5.74) is 2.90. The van der Waals surface area contributed by atoms with Crippen molar-refractivity contribution in [3.8, 4) is 18.1 Å². The molecule has 0 bridgehead atoms. The number of fused-ring (bicyclic) bond motifs is 1. The molecule has 0 aromatic heterocycles. The summed E-state index contributed by atoms with van der Waals surface area (Å²) >= 11 is 0. The first-order valence-electron chi connectivity index (χ1n) is 6.66. The van der Waals surface area contributed by atoms with Gasteiger partial charge in [-0.25, -0.2) is 0 Å². The highest BCUT2D eigenvalue weighted by molar-refractivity contribution is 5.37. The van der Waals surface area contributed by atoms with Crippen LogP contribution in [0.4, 0.5) is 0 Å². The van der Waals surface area contributed by atoms with Gasteiger partial charge in [0.2, 0.25) is 0 Å². The standard InChI is InChI=1S/C16H21NO/c1-3-4-5-10-17-15-8-6-13-7-9-16(18-2)12-14(13)11-15/h1,7,9,12,15,17H,4-6,8,10-11H2,2H3. The van der Waals surface area contributed by atoms with Crippen LogP contribution in [0.5, 0.6) is 5.75 Å². The Morgan fingerprint density at radius 2 is 2.33 bits per heavy atom. The van der Waals surface area contributed by atoms with Crippen molar-refractivity contribution in [3.05, 3.63) is 29.3 Å². The van der Waals surface area contributed by atoms with Crippen molar-refractivity contribution < 1.29 is 4.74 Å². The molecule has 0 saturated carbocycles. The van der Waals surface area contributed by atoms with Crippen molar-refractivity contribution in [1.82, 2.24) is 5.32 Å². The highest BCUT2D eigenvalue weighted by Gasteiger charge is 2.18. The topological polar surface area (TPSA) is 21.3 Å². The summed E-state index contributed by atoms with van der Waals surface area (Å²) in [6, 6.07) is 7.01. The Hall–Kier alpha value is -1.46. The number of hydrogen-bond acceptors (Lipinski definition) is 2. The van der Waals surface area contributed by atoms with Crippen molar-refractivity contribution in [1.29, 1.82) is 0 Å². The van der Waals surface area contributed by atoms with Gasteiger partial charge in [0, 0.05) is 12.5 Å². The minimum atomic E-state index is 0.586. The smallest absolute Gasteiger partial charge is 0.119 e. The van der Waals surface area contributed by atoms with Gasteiger partial charge in [-0.2, -0.15) is 0 Å². The number of ether oxygens (including phenoxy) is 1. The van der Waals surface area contributed by atoms with Crippen LogP contribution in [-0.4, -0.2) is 19.7 Å². The molecule has 1 unspecified atom stereocenters. The van der Waals surface area contributed by atoms with Gasteiger partial charge in [0.1, 0.15) is 5.75 Å². The minimum Gasteiger partial charge on any atom is -0.497 e. The lowest BCUT2D eigenvalue weighted by Gasteiger charge is -2.26. The zero-order valence-electron chi connectivity index (χ0n) is 11.0. The van der Waals surface area contributed by atoms with Crippen LogP contribution in [0.25, 0.3) is 0 Å². The van der Waals surface area contributed by atoms with E-state index in [0.29, 0.717) is 6.04 Å². The summed E-state index contributed by atoms with van der Waals surface area (Å²) in [6.45, 7) is 1.02. The average molecular weight is 243 g/mol. The molecule has 0 saturated heterocycles. The first-order valence-corrected chi connectivity index (χ1v) is 6.66. The molecule has 1 atom stereocenters. The largest absolute Gasteiger partial charge is 0.497 e. The van der Waals surface area contributed by atoms with Gasteiger partial charge < -0.3 is 10.1 Å². The monoisotopic (exact) mass is 243 g/mol. The Bertz CT molecular complexity index is 433. The molecule has 1 aliphatic rings. The van der Waals surface area contributed by atoms with Gasteiger partial charge in [0.05, 0.1) is 7.11 Å². The third kappa shape index (κ3) is 3.27. The summed E-state index contributed by atoms with van der Waals surface area (Å²) in [5, 5.41) is 3.60. The van der Waals surface area contributed by atoms with Crippen LogP contribution >= 0.6 is 0 Å². The zero-order valence-corrected chi connectivity index (χ0v) is 11.0. The number of aryl methyl sites for hydroxylation is 1. The van der Waals surface area contributed by atoms with E-state index in [-0.39, 0.29) is 0 Å². The molecule has 0 radical (unpaired) electrons. The van der Waals surface area contributed by atoms with Crippen LogP contribution in [0.15, 0.2) is 18.2 Å². The third-order valence-electron chi connectivity index (χ3n) is 3.57. The van der Waals surface area contributed by atoms with Gasteiger partial charge >= 0.3 is 0 Å². The van der Waals surface area contributed by atoms with Gasteiger partial charge in [-0.3, -0.25) is 0 Å². The second kappa shape index (κ2) is 6.47. The minimum absolute atomic E-state index is 0.586. The Morgan fingerprint density at radius 3 is 3.11 bits per heavy atom. The second-order valence-corrected chi connectivity index (χ2v) is 4.84. The normalized spacial score (nSPS) is 17.9. The van der Waals surface area contributed by atoms with Crippen molar-refractivity contribution in [2.24, 2.45) is 0 Å². The molecule has 0 aliphatic heterocycles. The lowest BCUT2D eigenvalue weighted by molar-refractivity contribution is 0.411. The fourth-order valence-corrected chi connectivity index (χ4v) is 2.53. The van der Waals surface area contributed by atoms with E-state index in [1.54, 1.807) is 7.11 Å². The maximum absolute atomic E-state index is 5.29. The van der Waals surface area contributed by atoms with Crippen LogP contribution in [0.2, 0.25) is 0 Å². The molecule has 1 aliphatic carbocycles. The molecule has 0 fully saturated rings. The summed E-state index contributed by atoms with van der Waals surface area (Å²) in [4.78, 5) is 0. The number of nitrogens with one attached hydrogen (secondary N) is 1. The van der Waals surface area contributed by atoms with Gasteiger partial charge in [0.25, 0.3) is 0 Å². The fourth-order valence-electron chi connectivity index (χ4n) is 2.53. The molecule has 0 spiro atoms. The van der Waals surface area contributed by atoms with Gasteiger partial charge in [-0.05, 0) is 55.5 Å². The van der Waals surface area contributed by atoms with Crippen LogP contribution < -0.4 is 10.1 Å². The number of unbranched alkanes of at least 4 members (excludes halogenated alkanes) is 1. The molecule has 0 amide bonds. The number of terminal acetylenes is 1. The van der Waals surface area contributed by atoms with Crippen LogP contribution in [0.3, 0.4) is 0 Å². The molecule has 0 heterocycles. The molecular weight excluding hydrogens is 222 g/mol. The predicted octanol–water partition coefficient (Wildman–Crippen LogP) is 2.56. The van der Waals surface area contributed by atoms with E-state index < -0.39 is 0 Å². The van der Waals surface area contributed by atoms with Crippen molar-refractivity contribution in [2.45, 2.75) is 38.1 Å². The lowest BCUT2D eigenvalue weighted by Crippen LogP contribution is -2.35. The SMILES string of the molecule is C#CCCCNC1CCc2ccc(OC)cc2C1. The van der Waals surface area contributed by atoms with Crippen LogP contribution in [-0.2, 0) is 12.8 Å². The second-order valence-electron chi connectivity index (χ2n) is 4.84. The molecule has 96 valence electrons. The molecular formula is C16H21NO. The van der Waals surface area contributed by atoms with E-state index in [1.807, 2.05) is 0 Å². The van der Waals surface area contributed by atoms with Gasteiger partial charge in [-0.1, -0.05) is 6.07 Å². The molecule has 2 rings (SSSR count). The summed E-state index contributed by atoms with van der Waals surface area (Å²) in [7, 11) is 1.72. The summed E-state index contributed by atoms with van der Waals surface area (Å²) < 4.78 is 5.29. The van der Waals surface area contributed by atoms with Crippen molar-refractivity contribution in [3.63, 3.8) is 0 Å². The van der Waals surface area contributed by atoms with E-state index in [9.17, 15) is 0 Å². The van der Waals surface area contributed by atoms with E-state index in [1.165, 1.54) is 17.5 Å². The van der Waals surface area contributed by atoms with E-state index in [4.69, 9.17) is 11.2 Å².